The molecule has 6 unspecified atom stereocenters. The zero-order valence-corrected chi connectivity index (χ0v) is 24.1. The average molecular weight is 569 g/mol. The molecule has 3 amide bonds. The van der Waals surface area contributed by atoms with Gasteiger partial charge in [-0.3, -0.25) is 14.4 Å². The van der Waals surface area contributed by atoms with Gasteiger partial charge in [-0.25, -0.2) is 0 Å². The van der Waals surface area contributed by atoms with Crippen LogP contribution in [0.2, 0.25) is 5.02 Å². The van der Waals surface area contributed by atoms with E-state index in [9.17, 15) is 14.4 Å². The van der Waals surface area contributed by atoms with E-state index in [1.54, 1.807) is 29.2 Å². The van der Waals surface area contributed by atoms with Gasteiger partial charge in [0.15, 0.2) is 0 Å². The van der Waals surface area contributed by atoms with Crippen LogP contribution < -0.4 is 10.6 Å². The van der Waals surface area contributed by atoms with E-state index in [1.807, 2.05) is 12.2 Å². The number of anilines is 1. The molecule has 6 rings (SSSR count). The third-order valence-electron chi connectivity index (χ3n) is 9.60. The van der Waals surface area contributed by atoms with E-state index in [1.165, 1.54) is 19.3 Å². The number of nitrogens with one attached hydrogen (secondary N) is 2. The molecule has 216 valence electrons. The van der Waals surface area contributed by atoms with Gasteiger partial charge in [-0.2, -0.15) is 0 Å². The van der Waals surface area contributed by atoms with Crippen molar-refractivity contribution in [3.63, 3.8) is 0 Å². The number of ether oxygens (including phenoxy) is 1. The van der Waals surface area contributed by atoms with Crippen molar-refractivity contribution in [3.05, 3.63) is 41.4 Å². The number of carbonyl (C=O) groups excluding carboxylic acids is 3. The van der Waals surface area contributed by atoms with Crippen molar-refractivity contribution in [3.8, 4) is 0 Å². The zero-order chi connectivity index (χ0) is 27.9. The molecule has 9 heteroatoms. The molecule has 40 heavy (non-hydrogen) atoms. The van der Waals surface area contributed by atoms with E-state index >= 15 is 0 Å². The van der Waals surface area contributed by atoms with Crippen LogP contribution in [0.25, 0.3) is 0 Å². The summed E-state index contributed by atoms with van der Waals surface area (Å²) in [6.45, 7) is 5.81. The summed E-state index contributed by atoms with van der Waals surface area (Å²) in [6, 6.07) is 6.26. The summed E-state index contributed by atoms with van der Waals surface area (Å²) in [4.78, 5) is 45.9. The minimum absolute atomic E-state index is 0.120. The van der Waals surface area contributed by atoms with E-state index in [4.69, 9.17) is 16.3 Å². The molecule has 0 radical (unpaired) electrons. The number of carbonyl (C=O) groups is 3. The highest BCUT2D eigenvalue weighted by Crippen LogP contribution is 2.55. The Morgan fingerprint density at radius 3 is 2.58 bits per heavy atom. The Hall–Kier alpha value is -2.42. The first-order valence-corrected chi connectivity index (χ1v) is 15.5. The van der Waals surface area contributed by atoms with Crippen LogP contribution in [0.5, 0.6) is 0 Å². The maximum absolute atomic E-state index is 14.1. The van der Waals surface area contributed by atoms with Crippen molar-refractivity contribution in [2.24, 2.45) is 17.8 Å². The molecule has 2 bridgehead atoms. The molecule has 1 spiro atoms. The molecule has 6 atom stereocenters. The van der Waals surface area contributed by atoms with Gasteiger partial charge in [-0.1, -0.05) is 49.9 Å². The fourth-order valence-corrected chi connectivity index (χ4v) is 7.87. The lowest BCUT2D eigenvalue weighted by molar-refractivity contribution is -0.141. The Balaban J connectivity index is 1.23. The van der Waals surface area contributed by atoms with E-state index in [2.05, 4.69) is 22.5 Å². The fraction of sp³-hybridized carbons (Fsp3) is 0.645. The van der Waals surface area contributed by atoms with Crippen LogP contribution in [0.1, 0.15) is 58.3 Å². The molecule has 1 saturated carbocycles. The predicted octanol–water partition coefficient (Wildman–Crippen LogP) is 4.00. The van der Waals surface area contributed by atoms with Gasteiger partial charge in [0.1, 0.15) is 11.6 Å². The first-order chi connectivity index (χ1) is 19.4. The lowest BCUT2D eigenvalue weighted by Gasteiger charge is -2.35. The summed E-state index contributed by atoms with van der Waals surface area (Å²) >= 11 is 6.01. The summed E-state index contributed by atoms with van der Waals surface area (Å²) in [6.07, 6.45) is 11.8. The molecular formula is C31H41ClN4O4. The number of likely N-dealkylation sites (tertiary alicyclic amines) is 2. The highest BCUT2D eigenvalue weighted by molar-refractivity contribution is 6.30. The first kappa shape index (κ1) is 27.7. The van der Waals surface area contributed by atoms with E-state index in [0.29, 0.717) is 23.2 Å². The number of hydrogen-bond acceptors (Lipinski definition) is 5. The number of nitrogens with zero attached hydrogens (tertiary/aromatic N) is 2. The van der Waals surface area contributed by atoms with Crippen LogP contribution in [0.3, 0.4) is 0 Å². The molecule has 0 aromatic heterocycles. The minimum Gasteiger partial charge on any atom is -0.359 e. The second kappa shape index (κ2) is 11.5. The SMILES string of the molecule is CC1CCCN(CCCN2C(=O)C3C(C(=O)Nc4ccc(Cl)cc4)C4C=CC3(O4)C2C(=O)NC2CCCCC2)C1. The number of piperidine rings is 1. The second-order valence-corrected chi connectivity index (χ2v) is 12.9. The van der Waals surface area contributed by atoms with Crippen LogP contribution in [-0.4, -0.2) is 77.5 Å². The summed E-state index contributed by atoms with van der Waals surface area (Å²) in [7, 11) is 0. The quantitative estimate of drug-likeness (QED) is 0.463. The Labute approximate surface area is 241 Å². The predicted molar refractivity (Wildman–Crippen MR) is 154 cm³/mol. The van der Waals surface area contributed by atoms with Crippen LogP contribution in [0.4, 0.5) is 5.69 Å². The van der Waals surface area contributed by atoms with Gasteiger partial charge in [0.05, 0.1) is 17.9 Å². The van der Waals surface area contributed by atoms with E-state index in [-0.39, 0.29) is 23.8 Å². The lowest BCUT2D eigenvalue weighted by atomic mass is 9.74. The molecule has 1 aromatic carbocycles. The monoisotopic (exact) mass is 568 g/mol. The highest BCUT2D eigenvalue weighted by Gasteiger charge is 2.72. The van der Waals surface area contributed by atoms with Crippen molar-refractivity contribution in [1.29, 1.82) is 0 Å². The van der Waals surface area contributed by atoms with Gasteiger partial charge >= 0.3 is 0 Å². The Morgan fingerprint density at radius 1 is 1.05 bits per heavy atom. The molecule has 1 aromatic rings. The number of rotatable bonds is 8. The highest BCUT2D eigenvalue weighted by atomic mass is 35.5. The number of halogens is 1. The minimum atomic E-state index is -1.12. The molecule has 1 aliphatic carbocycles. The normalized spacial score (nSPS) is 33.8. The van der Waals surface area contributed by atoms with Gasteiger partial charge in [0, 0.05) is 29.8 Å². The smallest absolute Gasteiger partial charge is 0.246 e. The van der Waals surface area contributed by atoms with Crippen molar-refractivity contribution in [2.75, 3.05) is 31.5 Å². The van der Waals surface area contributed by atoms with Gasteiger partial charge in [0.2, 0.25) is 17.7 Å². The van der Waals surface area contributed by atoms with Crippen LogP contribution >= 0.6 is 11.6 Å². The molecule has 2 N–H and O–H groups in total. The number of amides is 3. The van der Waals surface area contributed by atoms with Gasteiger partial charge in [0.25, 0.3) is 0 Å². The van der Waals surface area contributed by atoms with Gasteiger partial charge < -0.3 is 25.2 Å². The maximum Gasteiger partial charge on any atom is 0.246 e. The van der Waals surface area contributed by atoms with Crippen molar-refractivity contribution >= 4 is 35.0 Å². The summed E-state index contributed by atoms with van der Waals surface area (Å²) in [5.74, 6) is -1.33. The van der Waals surface area contributed by atoms with Crippen LogP contribution in [0, 0.1) is 17.8 Å². The Morgan fingerprint density at radius 2 is 1.82 bits per heavy atom. The zero-order valence-electron chi connectivity index (χ0n) is 23.3. The number of hydrogen-bond donors (Lipinski definition) is 2. The fourth-order valence-electron chi connectivity index (χ4n) is 7.75. The topological polar surface area (TPSA) is 91.0 Å². The number of fused-ring (bicyclic) bond motifs is 1. The molecule has 3 saturated heterocycles. The van der Waals surface area contributed by atoms with Crippen LogP contribution in [-0.2, 0) is 19.1 Å². The third kappa shape index (κ3) is 5.19. The van der Waals surface area contributed by atoms with Crippen molar-refractivity contribution in [1.82, 2.24) is 15.1 Å². The average Bonchev–Trinajstić information content (AvgIpc) is 3.58. The maximum atomic E-state index is 14.1. The molecular weight excluding hydrogens is 528 g/mol. The van der Waals surface area contributed by atoms with Gasteiger partial charge in [-0.15, -0.1) is 0 Å². The summed E-state index contributed by atoms with van der Waals surface area (Å²) in [5.41, 5.74) is -0.512. The van der Waals surface area contributed by atoms with E-state index in [0.717, 1.165) is 51.7 Å². The second-order valence-electron chi connectivity index (χ2n) is 12.5. The largest absolute Gasteiger partial charge is 0.359 e. The molecule has 5 aliphatic rings. The number of benzene rings is 1. The Kier molecular flexibility index (Phi) is 7.94. The van der Waals surface area contributed by atoms with Crippen LogP contribution in [0.15, 0.2) is 36.4 Å². The lowest BCUT2D eigenvalue weighted by Crippen LogP contribution is -2.56. The summed E-state index contributed by atoms with van der Waals surface area (Å²) < 4.78 is 6.48. The summed E-state index contributed by atoms with van der Waals surface area (Å²) in [5, 5.41) is 6.80. The van der Waals surface area contributed by atoms with Crippen molar-refractivity contribution < 1.29 is 19.1 Å². The molecule has 4 aliphatic heterocycles. The first-order valence-electron chi connectivity index (χ1n) is 15.1. The third-order valence-corrected chi connectivity index (χ3v) is 9.85. The molecule has 4 fully saturated rings. The molecule has 4 heterocycles. The Bertz CT molecular complexity index is 1150. The molecule has 8 nitrogen and oxygen atoms in total. The van der Waals surface area contributed by atoms with Crippen molar-refractivity contribution in [2.45, 2.75) is 82.1 Å². The van der Waals surface area contributed by atoms with E-state index < -0.39 is 29.6 Å². The standard InChI is InChI=1S/C31H41ClN4O4/c1-20-7-5-16-35(19-20)17-6-18-36-27(29(38)34-22-8-3-2-4-9-22)31-15-14-24(40-31)25(26(31)30(36)39)28(37)33-23-12-10-21(32)11-13-23/h10-15,20,22,24-27H,2-9,16-19H2,1H3,(H,33,37)(H,34,38). The van der Waals surface area contributed by atoms with Gasteiger partial charge in [-0.05, 0) is 75.4 Å².